The molecular formula is C9H7ClN2O. The van der Waals surface area contributed by atoms with Crippen LogP contribution in [0.3, 0.4) is 0 Å². The molecule has 3 nitrogen and oxygen atoms in total. The summed E-state index contributed by atoms with van der Waals surface area (Å²) in [6.07, 6.45) is 0. The van der Waals surface area contributed by atoms with Crippen molar-refractivity contribution in [2.75, 3.05) is 5.73 Å². The molecule has 1 aromatic carbocycles. The molecule has 0 radical (unpaired) electrons. The van der Waals surface area contributed by atoms with Gasteiger partial charge in [0.25, 0.3) is 0 Å². The average molecular weight is 195 g/mol. The molecule has 0 bridgehead atoms. The second-order valence-corrected chi connectivity index (χ2v) is 3.02. The summed E-state index contributed by atoms with van der Waals surface area (Å²) in [5.41, 5.74) is 6.25. The molecule has 1 aromatic rings. The summed E-state index contributed by atoms with van der Waals surface area (Å²) in [7, 11) is 0. The van der Waals surface area contributed by atoms with Gasteiger partial charge in [0.15, 0.2) is 5.78 Å². The number of hydrogen-bond acceptors (Lipinski definition) is 3. The first kappa shape index (κ1) is 9.56. The largest absolute Gasteiger partial charge is 0.398 e. The van der Waals surface area contributed by atoms with E-state index in [0.29, 0.717) is 5.02 Å². The van der Waals surface area contributed by atoms with E-state index in [2.05, 4.69) is 0 Å². The van der Waals surface area contributed by atoms with Gasteiger partial charge < -0.3 is 5.73 Å². The van der Waals surface area contributed by atoms with Crippen molar-refractivity contribution in [3.05, 3.63) is 28.3 Å². The number of nitrogen functional groups attached to an aromatic ring is 1. The van der Waals surface area contributed by atoms with Crippen LogP contribution in [0.1, 0.15) is 22.8 Å². The molecule has 66 valence electrons. The normalized spacial score (nSPS) is 9.31. The zero-order valence-corrected chi connectivity index (χ0v) is 7.72. The molecule has 0 aliphatic rings. The SMILES string of the molecule is CC(=O)c1c(N)cc(Cl)cc1C#N. The summed E-state index contributed by atoms with van der Waals surface area (Å²) in [6.45, 7) is 1.36. The third-order valence-electron chi connectivity index (χ3n) is 1.61. The molecule has 0 saturated heterocycles. The highest BCUT2D eigenvalue weighted by Crippen LogP contribution is 2.22. The molecule has 13 heavy (non-hydrogen) atoms. The topological polar surface area (TPSA) is 66.9 Å². The fourth-order valence-corrected chi connectivity index (χ4v) is 1.34. The van der Waals surface area contributed by atoms with Crippen molar-refractivity contribution in [3.8, 4) is 6.07 Å². The number of nitriles is 1. The minimum atomic E-state index is -0.231. The van der Waals surface area contributed by atoms with E-state index < -0.39 is 0 Å². The molecule has 4 heteroatoms. The van der Waals surface area contributed by atoms with Crippen molar-refractivity contribution in [1.82, 2.24) is 0 Å². The van der Waals surface area contributed by atoms with E-state index in [9.17, 15) is 4.79 Å². The highest BCUT2D eigenvalue weighted by molar-refractivity contribution is 6.31. The first-order chi connectivity index (χ1) is 6.06. The number of carbonyl (C=O) groups is 1. The summed E-state index contributed by atoms with van der Waals surface area (Å²) in [4.78, 5) is 11.1. The number of nitrogens with two attached hydrogens (primary N) is 1. The molecule has 0 amide bonds. The predicted octanol–water partition coefficient (Wildman–Crippen LogP) is 2.00. The van der Waals surface area contributed by atoms with Crippen LogP contribution in [0.5, 0.6) is 0 Å². The third kappa shape index (κ3) is 1.79. The van der Waals surface area contributed by atoms with Crippen LogP contribution in [0.2, 0.25) is 5.02 Å². The molecule has 0 unspecified atom stereocenters. The number of rotatable bonds is 1. The summed E-state index contributed by atoms with van der Waals surface area (Å²) in [6, 6.07) is 4.76. The Kier molecular flexibility index (Phi) is 2.54. The van der Waals surface area contributed by atoms with Gasteiger partial charge in [-0.2, -0.15) is 5.26 Å². The van der Waals surface area contributed by atoms with E-state index in [1.807, 2.05) is 6.07 Å². The van der Waals surface area contributed by atoms with Crippen molar-refractivity contribution in [1.29, 1.82) is 5.26 Å². The van der Waals surface area contributed by atoms with E-state index in [4.69, 9.17) is 22.6 Å². The average Bonchev–Trinajstić information content (AvgIpc) is 2.01. The molecule has 2 N–H and O–H groups in total. The molecule has 0 atom stereocenters. The molecule has 0 fully saturated rings. The minimum absolute atomic E-state index is 0.220. The van der Waals surface area contributed by atoms with Gasteiger partial charge >= 0.3 is 0 Å². The lowest BCUT2D eigenvalue weighted by atomic mass is 10.0. The molecule has 0 aliphatic heterocycles. The van der Waals surface area contributed by atoms with Crippen LogP contribution in [0, 0.1) is 11.3 Å². The Morgan fingerprint density at radius 3 is 2.69 bits per heavy atom. The molecule has 0 saturated carbocycles. The number of hydrogen-bond donors (Lipinski definition) is 1. The fourth-order valence-electron chi connectivity index (χ4n) is 1.11. The number of halogens is 1. The van der Waals surface area contributed by atoms with Crippen molar-refractivity contribution >= 4 is 23.1 Å². The van der Waals surface area contributed by atoms with Crippen LogP contribution >= 0.6 is 11.6 Å². The smallest absolute Gasteiger partial charge is 0.163 e. The Bertz CT molecular complexity index is 407. The molecule has 1 rings (SSSR count). The van der Waals surface area contributed by atoms with Gasteiger partial charge in [-0.05, 0) is 19.1 Å². The Morgan fingerprint density at radius 1 is 1.62 bits per heavy atom. The van der Waals surface area contributed by atoms with E-state index in [-0.39, 0.29) is 22.6 Å². The molecular weight excluding hydrogens is 188 g/mol. The van der Waals surface area contributed by atoms with Crippen LogP contribution in [-0.2, 0) is 0 Å². The molecule has 0 spiro atoms. The highest BCUT2D eigenvalue weighted by atomic mass is 35.5. The van der Waals surface area contributed by atoms with Crippen molar-refractivity contribution in [2.45, 2.75) is 6.92 Å². The van der Waals surface area contributed by atoms with Gasteiger partial charge in [-0.1, -0.05) is 11.6 Å². The van der Waals surface area contributed by atoms with Gasteiger partial charge in [0.2, 0.25) is 0 Å². The summed E-state index contributed by atoms with van der Waals surface area (Å²) < 4.78 is 0. The van der Waals surface area contributed by atoms with E-state index in [0.717, 1.165) is 0 Å². The van der Waals surface area contributed by atoms with Gasteiger partial charge in [0.1, 0.15) is 6.07 Å². The maximum Gasteiger partial charge on any atom is 0.163 e. The van der Waals surface area contributed by atoms with Gasteiger partial charge in [0, 0.05) is 10.7 Å². The van der Waals surface area contributed by atoms with Crippen molar-refractivity contribution < 1.29 is 4.79 Å². The van der Waals surface area contributed by atoms with Gasteiger partial charge in [-0.3, -0.25) is 4.79 Å². The standard InChI is InChI=1S/C9H7ClN2O/c1-5(13)9-6(4-11)2-7(10)3-8(9)12/h2-3H,12H2,1H3. The monoisotopic (exact) mass is 194 g/mol. The third-order valence-corrected chi connectivity index (χ3v) is 1.82. The van der Waals surface area contributed by atoms with Crippen molar-refractivity contribution in [2.24, 2.45) is 0 Å². The van der Waals surface area contributed by atoms with Gasteiger partial charge in [-0.15, -0.1) is 0 Å². The first-order valence-corrected chi connectivity index (χ1v) is 3.94. The summed E-state index contributed by atoms with van der Waals surface area (Å²) >= 11 is 5.66. The number of Topliss-reactive ketones (excluding diaryl/α,β-unsaturated/α-hetero) is 1. The van der Waals surface area contributed by atoms with Crippen LogP contribution in [0.4, 0.5) is 5.69 Å². The second kappa shape index (κ2) is 3.46. The summed E-state index contributed by atoms with van der Waals surface area (Å²) in [5.74, 6) is -0.231. The predicted molar refractivity (Wildman–Crippen MR) is 50.6 cm³/mol. The lowest BCUT2D eigenvalue weighted by molar-refractivity contribution is 0.101. The molecule has 0 aliphatic carbocycles. The lowest BCUT2D eigenvalue weighted by Gasteiger charge is -2.04. The molecule has 0 heterocycles. The van der Waals surface area contributed by atoms with Crippen LogP contribution in [0.25, 0.3) is 0 Å². The van der Waals surface area contributed by atoms with E-state index in [1.54, 1.807) is 0 Å². The Labute approximate surface area is 80.7 Å². The maximum absolute atomic E-state index is 11.1. The van der Waals surface area contributed by atoms with Crippen LogP contribution in [-0.4, -0.2) is 5.78 Å². The Balaban J connectivity index is 3.50. The molecule has 0 aromatic heterocycles. The van der Waals surface area contributed by atoms with E-state index >= 15 is 0 Å². The number of nitrogens with zero attached hydrogens (tertiary/aromatic N) is 1. The number of carbonyl (C=O) groups excluding carboxylic acids is 1. The second-order valence-electron chi connectivity index (χ2n) is 2.59. The maximum atomic E-state index is 11.1. The van der Waals surface area contributed by atoms with Gasteiger partial charge in [0.05, 0.1) is 11.1 Å². The zero-order chi connectivity index (χ0) is 10.0. The summed E-state index contributed by atoms with van der Waals surface area (Å²) in [5, 5.41) is 9.06. The Morgan fingerprint density at radius 2 is 2.23 bits per heavy atom. The highest BCUT2D eigenvalue weighted by Gasteiger charge is 2.11. The number of ketones is 1. The van der Waals surface area contributed by atoms with E-state index in [1.165, 1.54) is 19.1 Å². The van der Waals surface area contributed by atoms with Crippen LogP contribution in [0.15, 0.2) is 12.1 Å². The number of anilines is 1. The fraction of sp³-hybridized carbons (Fsp3) is 0.111. The first-order valence-electron chi connectivity index (χ1n) is 3.56. The Hall–Kier alpha value is -1.53. The minimum Gasteiger partial charge on any atom is -0.398 e. The van der Waals surface area contributed by atoms with Crippen LogP contribution < -0.4 is 5.73 Å². The van der Waals surface area contributed by atoms with Gasteiger partial charge in [-0.25, -0.2) is 0 Å². The quantitative estimate of drug-likeness (QED) is 0.549. The van der Waals surface area contributed by atoms with Crippen molar-refractivity contribution in [3.63, 3.8) is 0 Å². The number of benzene rings is 1. The lowest BCUT2D eigenvalue weighted by Crippen LogP contribution is -2.02. The zero-order valence-electron chi connectivity index (χ0n) is 6.97.